The lowest BCUT2D eigenvalue weighted by atomic mass is 9.81. The zero-order valence-corrected chi connectivity index (χ0v) is 34.4. The molecule has 5 aromatic rings. The molecule has 0 saturated carbocycles. The first-order valence-corrected chi connectivity index (χ1v) is 22.3. The number of benzene rings is 5. The van der Waals surface area contributed by atoms with Gasteiger partial charge in [-0.05, 0) is 82.3 Å². The van der Waals surface area contributed by atoms with Gasteiger partial charge in [0, 0.05) is 45.1 Å². The van der Waals surface area contributed by atoms with E-state index in [0.29, 0.717) is 22.3 Å². The second-order valence-corrected chi connectivity index (χ2v) is 16.8. The van der Waals surface area contributed by atoms with Crippen LogP contribution < -0.4 is 0 Å². The smallest absolute Gasteiger partial charge is 0.261 e. The molecule has 4 amide bonds. The Hall–Kier alpha value is -4.32. The van der Waals surface area contributed by atoms with Gasteiger partial charge in [0.15, 0.2) is 0 Å². The van der Waals surface area contributed by atoms with Crippen molar-refractivity contribution < 1.29 is 19.2 Å². The van der Waals surface area contributed by atoms with Crippen LogP contribution in [0.4, 0.5) is 0 Å². The minimum Gasteiger partial charge on any atom is -0.271 e. The number of hydrogen-bond donors (Lipinski definition) is 0. The number of imide groups is 2. The molecule has 7 rings (SSSR count). The van der Waals surface area contributed by atoms with Crippen LogP contribution in [0.1, 0.15) is 198 Å². The molecule has 0 aromatic heterocycles. The molecule has 0 fully saturated rings. The molecule has 0 bridgehead atoms. The number of unbranched alkanes of at least 4 members (excludes halogenated alkanes) is 12. The second kappa shape index (κ2) is 17.9. The van der Waals surface area contributed by atoms with Gasteiger partial charge >= 0.3 is 0 Å². The first-order valence-electron chi connectivity index (χ1n) is 22.3. The normalized spacial score (nSPS) is 14.5. The van der Waals surface area contributed by atoms with E-state index in [9.17, 15) is 19.2 Å². The van der Waals surface area contributed by atoms with Gasteiger partial charge in [-0.1, -0.05) is 155 Å². The monoisotopic (exact) mass is 754 g/mol. The lowest BCUT2D eigenvalue weighted by Gasteiger charge is -2.35. The van der Waals surface area contributed by atoms with Gasteiger partial charge in [0.2, 0.25) is 0 Å². The maximum atomic E-state index is 14.5. The Morgan fingerprint density at radius 2 is 0.589 bits per heavy atom. The number of fused-ring (bicyclic) bond motifs is 2. The summed E-state index contributed by atoms with van der Waals surface area (Å²) in [6.45, 7) is 8.82. The van der Waals surface area contributed by atoms with Crippen molar-refractivity contribution in [1.82, 2.24) is 9.80 Å². The topological polar surface area (TPSA) is 74.8 Å². The van der Waals surface area contributed by atoms with Crippen LogP contribution in [0, 0.1) is 0 Å². The third-order valence-electron chi connectivity index (χ3n) is 13.0. The van der Waals surface area contributed by atoms with Crippen molar-refractivity contribution in [1.29, 1.82) is 0 Å². The maximum Gasteiger partial charge on any atom is 0.261 e. The van der Waals surface area contributed by atoms with Gasteiger partial charge in [-0.3, -0.25) is 29.0 Å². The van der Waals surface area contributed by atoms with Crippen LogP contribution in [-0.2, 0) is 0 Å². The molecule has 2 aliphatic rings. The summed E-state index contributed by atoms with van der Waals surface area (Å²) in [5, 5.41) is 7.04. The summed E-state index contributed by atoms with van der Waals surface area (Å²) in [6, 6.07) is 15.6. The van der Waals surface area contributed by atoms with Crippen LogP contribution in [0.25, 0.3) is 43.1 Å². The van der Waals surface area contributed by atoms with E-state index in [0.717, 1.165) is 172 Å². The Kier molecular flexibility index (Phi) is 12.7. The zero-order chi connectivity index (χ0) is 39.3. The molecular weight excluding hydrogens is 693 g/mol. The number of amides is 4. The average molecular weight is 755 g/mol. The van der Waals surface area contributed by atoms with E-state index in [1.807, 2.05) is 48.5 Å². The number of nitrogens with zero attached hydrogens (tertiary/aromatic N) is 2. The van der Waals surface area contributed by atoms with Crippen molar-refractivity contribution >= 4 is 66.7 Å². The van der Waals surface area contributed by atoms with Crippen LogP contribution in [0.5, 0.6) is 0 Å². The second-order valence-electron chi connectivity index (χ2n) is 16.8. The van der Waals surface area contributed by atoms with Gasteiger partial charge < -0.3 is 0 Å². The molecule has 6 heteroatoms. The van der Waals surface area contributed by atoms with Crippen LogP contribution in [0.2, 0.25) is 0 Å². The van der Waals surface area contributed by atoms with E-state index in [1.165, 1.54) is 0 Å². The summed E-state index contributed by atoms with van der Waals surface area (Å²) in [4.78, 5) is 61.3. The fourth-order valence-electron chi connectivity index (χ4n) is 10.0. The molecule has 2 aliphatic heterocycles. The zero-order valence-electron chi connectivity index (χ0n) is 34.4. The van der Waals surface area contributed by atoms with Gasteiger partial charge in [0.1, 0.15) is 0 Å². The quantitative estimate of drug-likeness (QED) is 0.0305. The molecule has 0 saturated heterocycles. The molecule has 0 N–H and O–H groups in total. The summed E-state index contributed by atoms with van der Waals surface area (Å²) in [6.07, 6.45) is 21.1. The summed E-state index contributed by atoms with van der Waals surface area (Å²) >= 11 is 0. The first-order chi connectivity index (χ1) is 27.4. The molecule has 0 atom stereocenters. The van der Waals surface area contributed by atoms with Crippen molar-refractivity contribution in [3.63, 3.8) is 0 Å². The Bertz CT molecular complexity index is 1930. The van der Waals surface area contributed by atoms with Crippen LogP contribution >= 0.6 is 0 Å². The minimum atomic E-state index is -0.187. The molecule has 0 aliphatic carbocycles. The van der Waals surface area contributed by atoms with Gasteiger partial charge in [-0.25, -0.2) is 0 Å². The number of rotatable bonds is 22. The van der Waals surface area contributed by atoms with Gasteiger partial charge in [0.05, 0.1) is 0 Å². The number of carbonyl (C=O) groups is 4. The molecule has 5 aromatic carbocycles. The Morgan fingerprint density at radius 1 is 0.339 bits per heavy atom. The lowest BCUT2D eigenvalue weighted by molar-refractivity contribution is 0.0501. The molecular formula is C50H62N2O4. The predicted molar refractivity (Wildman–Crippen MR) is 231 cm³/mol. The summed E-state index contributed by atoms with van der Waals surface area (Å²) in [5.74, 6) is -0.746. The molecule has 2 heterocycles. The molecule has 0 radical (unpaired) electrons. The molecule has 6 nitrogen and oxygen atoms in total. The number of carbonyl (C=O) groups excluding carboxylic acids is 4. The van der Waals surface area contributed by atoms with E-state index in [2.05, 4.69) is 27.7 Å². The van der Waals surface area contributed by atoms with Gasteiger partial charge in [-0.2, -0.15) is 0 Å². The maximum absolute atomic E-state index is 14.5. The standard InChI is InChI=1S/C50H62N2O4/c1-5-9-13-17-21-33(22-18-14-10-6-2)51-47(53)39-29-25-35-37-27-31-41-46-42(32-28-38(44(37)46)36-26-30-40(48(51)54)45(39)43(35)36)50(56)52(49(41)55)34(23-19-15-11-7-3)24-20-16-12-8-4/h25-34H,5-24H2,1-4H3. The number of hydrogen-bond acceptors (Lipinski definition) is 4. The van der Waals surface area contributed by atoms with Crippen molar-refractivity contribution in [2.45, 2.75) is 168 Å². The fraction of sp³-hybridized carbons (Fsp3) is 0.520. The highest BCUT2D eigenvalue weighted by atomic mass is 16.2. The van der Waals surface area contributed by atoms with Crippen LogP contribution in [-0.4, -0.2) is 45.5 Å². The Morgan fingerprint density at radius 3 is 0.821 bits per heavy atom. The van der Waals surface area contributed by atoms with E-state index in [-0.39, 0.29) is 35.7 Å². The molecule has 296 valence electrons. The molecule has 0 spiro atoms. The van der Waals surface area contributed by atoms with Gasteiger partial charge in [0.25, 0.3) is 23.6 Å². The molecule has 56 heavy (non-hydrogen) atoms. The van der Waals surface area contributed by atoms with Gasteiger partial charge in [-0.15, -0.1) is 0 Å². The van der Waals surface area contributed by atoms with Crippen molar-refractivity contribution in [2.24, 2.45) is 0 Å². The third kappa shape index (κ3) is 7.22. The van der Waals surface area contributed by atoms with Crippen LogP contribution in [0.3, 0.4) is 0 Å². The average Bonchev–Trinajstić information content (AvgIpc) is 3.21. The van der Waals surface area contributed by atoms with E-state index in [1.54, 1.807) is 9.80 Å². The Labute approximate surface area is 333 Å². The van der Waals surface area contributed by atoms with Crippen molar-refractivity contribution in [2.75, 3.05) is 0 Å². The predicted octanol–water partition coefficient (Wildman–Crippen LogP) is 13.5. The third-order valence-corrected chi connectivity index (χ3v) is 13.0. The van der Waals surface area contributed by atoms with E-state index in [4.69, 9.17) is 0 Å². The van der Waals surface area contributed by atoms with E-state index >= 15 is 0 Å². The first kappa shape index (κ1) is 39.9. The minimum absolute atomic E-state index is 0.113. The van der Waals surface area contributed by atoms with Crippen molar-refractivity contribution in [3.05, 3.63) is 70.8 Å². The fourth-order valence-corrected chi connectivity index (χ4v) is 10.0. The highest BCUT2D eigenvalue weighted by Gasteiger charge is 2.40. The highest BCUT2D eigenvalue weighted by Crippen LogP contribution is 2.47. The Balaban J connectivity index is 1.29. The lowest BCUT2D eigenvalue weighted by Crippen LogP contribution is -2.47. The molecule has 0 unspecified atom stereocenters. The van der Waals surface area contributed by atoms with E-state index < -0.39 is 0 Å². The highest BCUT2D eigenvalue weighted by molar-refractivity contribution is 6.41. The summed E-state index contributed by atoms with van der Waals surface area (Å²) < 4.78 is 0. The SMILES string of the molecule is CCCCCCC(CCCCCC)N1C(=O)c2ccc3c4ccc5c6c(ccc(c7ccc(c2c37)C1=O)c64)C(=O)N(C(CCCCCC)CCCCCC)C5=O. The largest absolute Gasteiger partial charge is 0.271 e. The summed E-state index contributed by atoms with van der Waals surface area (Å²) in [7, 11) is 0. The van der Waals surface area contributed by atoms with Crippen molar-refractivity contribution in [3.8, 4) is 0 Å². The van der Waals surface area contributed by atoms with Crippen LogP contribution in [0.15, 0.2) is 48.5 Å². The summed E-state index contributed by atoms with van der Waals surface area (Å²) in [5.41, 5.74) is 2.36.